The fraction of sp³-hybridized carbons (Fsp3) is 0.615. The lowest BCUT2D eigenvalue weighted by Gasteiger charge is -2.15. The van der Waals surface area contributed by atoms with Crippen LogP contribution in [0.5, 0.6) is 0 Å². The van der Waals surface area contributed by atoms with Gasteiger partial charge in [0.15, 0.2) is 0 Å². The smallest absolute Gasteiger partial charge is 0.244 e. The molecular weight excluding hydrogens is 294 g/mol. The van der Waals surface area contributed by atoms with Gasteiger partial charge in [0.05, 0.1) is 0 Å². The van der Waals surface area contributed by atoms with Gasteiger partial charge in [0, 0.05) is 18.8 Å². The summed E-state index contributed by atoms with van der Waals surface area (Å²) in [5, 5.41) is 3.05. The highest BCUT2D eigenvalue weighted by molar-refractivity contribution is 7.98. The standard InChI is InChI=1S/C13H23N3O2S2/c1-4-8-14-13-12(6-5-9-15-13)20(17,18)16-11(2)7-10-19-3/h5-6,9,11,16H,4,7-8,10H2,1-3H3,(H,14,15). The zero-order chi connectivity index (χ0) is 15.0. The van der Waals surface area contributed by atoms with E-state index in [0.717, 1.165) is 18.6 Å². The van der Waals surface area contributed by atoms with Crippen LogP contribution in [-0.4, -0.2) is 38.0 Å². The van der Waals surface area contributed by atoms with Crippen LogP contribution >= 0.6 is 11.8 Å². The highest BCUT2D eigenvalue weighted by Gasteiger charge is 2.21. The number of pyridine rings is 1. The molecule has 0 saturated carbocycles. The van der Waals surface area contributed by atoms with Crippen LogP contribution in [0.3, 0.4) is 0 Å². The predicted octanol–water partition coefficient (Wildman–Crippen LogP) is 2.32. The van der Waals surface area contributed by atoms with Crippen LogP contribution in [0.2, 0.25) is 0 Å². The first-order valence-electron chi connectivity index (χ1n) is 6.71. The molecule has 1 rings (SSSR count). The zero-order valence-electron chi connectivity index (χ0n) is 12.2. The van der Waals surface area contributed by atoms with E-state index in [2.05, 4.69) is 15.0 Å². The van der Waals surface area contributed by atoms with E-state index < -0.39 is 10.0 Å². The summed E-state index contributed by atoms with van der Waals surface area (Å²) >= 11 is 1.71. The zero-order valence-corrected chi connectivity index (χ0v) is 13.9. The van der Waals surface area contributed by atoms with Gasteiger partial charge >= 0.3 is 0 Å². The Morgan fingerprint density at radius 2 is 2.20 bits per heavy atom. The van der Waals surface area contributed by atoms with Gasteiger partial charge < -0.3 is 5.32 Å². The Labute approximate surface area is 126 Å². The molecule has 1 aromatic heterocycles. The number of aromatic nitrogens is 1. The molecule has 0 saturated heterocycles. The molecule has 2 N–H and O–H groups in total. The second-order valence-corrected chi connectivity index (χ2v) is 7.25. The molecule has 0 aliphatic rings. The van der Waals surface area contributed by atoms with Crippen molar-refractivity contribution in [3.05, 3.63) is 18.3 Å². The average Bonchev–Trinajstić information content (AvgIpc) is 2.42. The molecule has 0 fully saturated rings. The minimum Gasteiger partial charge on any atom is -0.369 e. The first-order valence-corrected chi connectivity index (χ1v) is 9.59. The Morgan fingerprint density at radius 1 is 1.45 bits per heavy atom. The van der Waals surface area contributed by atoms with Crippen LogP contribution in [0.1, 0.15) is 26.7 Å². The summed E-state index contributed by atoms with van der Waals surface area (Å²) in [7, 11) is -3.54. The van der Waals surface area contributed by atoms with Crippen LogP contribution < -0.4 is 10.0 Å². The lowest BCUT2D eigenvalue weighted by atomic mass is 10.3. The van der Waals surface area contributed by atoms with Gasteiger partial charge in [-0.1, -0.05) is 6.92 Å². The predicted molar refractivity (Wildman–Crippen MR) is 85.8 cm³/mol. The SMILES string of the molecule is CCCNc1ncccc1S(=O)(=O)NC(C)CCSC. The molecule has 0 aliphatic carbocycles. The van der Waals surface area contributed by atoms with Gasteiger partial charge in [0.1, 0.15) is 10.7 Å². The minimum atomic E-state index is -3.54. The number of nitrogens with zero attached hydrogens (tertiary/aromatic N) is 1. The summed E-state index contributed by atoms with van der Waals surface area (Å²) in [4.78, 5) is 4.33. The highest BCUT2D eigenvalue weighted by atomic mass is 32.2. The van der Waals surface area contributed by atoms with Crippen molar-refractivity contribution in [3.63, 3.8) is 0 Å². The molecule has 0 radical (unpaired) electrons. The number of sulfonamides is 1. The number of anilines is 1. The number of nitrogens with one attached hydrogen (secondary N) is 2. The number of rotatable bonds is 9. The largest absolute Gasteiger partial charge is 0.369 e. The van der Waals surface area contributed by atoms with Gasteiger partial charge in [-0.05, 0) is 43.9 Å². The molecule has 7 heteroatoms. The quantitative estimate of drug-likeness (QED) is 0.731. The fourth-order valence-electron chi connectivity index (χ4n) is 1.67. The van der Waals surface area contributed by atoms with Crippen molar-refractivity contribution < 1.29 is 8.42 Å². The first-order chi connectivity index (χ1) is 9.51. The van der Waals surface area contributed by atoms with E-state index in [1.807, 2.05) is 20.1 Å². The molecule has 0 aliphatic heterocycles. The third kappa shape index (κ3) is 5.30. The van der Waals surface area contributed by atoms with Crippen molar-refractivity contribution in [2.45, 2.75) is 37.6 Å². The lowest BCUT2D eigenvalue weighted by Crippen LogP contribution is -2.33. The van der Waals surface area contributed by atoms with E-state index >= 15 is 0 Å². The summed E-state index contributed by atoms with van der Waals surface area (Å²) in [5.41, 5.74) is 0. The van der Waals surface area contributed by atoms with Crippen molar-refractivity contribution >= 4 is 27.6 Å². The van der Waals surface area contributed by atoms with Crippen LogP contribution in [0.4, 0.5) is 5.82 Å². The van der Waals surface area contributed by atoms with Crippen molar-refractivity contribution in [1.82, 2.24) is 9.71 Å². The topological polar surface area (TPSA) is 71.1 Å². The van der Waals surface area contributed by atoms with Gasteiger partial charge in [-0.15, -0.1) is 0 Å². The summed E-state index contributed by atoms with van der Waals surface area (Å²) < 4.78 is 27.5. The van der Waals surface area contributed by atoms with Crippen LogP contribution in [0, 0.1) is 0 Å². The van der Waals surface area contributed by atoms with Gasteiger partial charge in [0.25, 0.3) is 0 Å². The normalized spacial score (nSPS) is 13.2. The van der Waals surface area contributed by atoms with E-state index in [9.17, 15) is 8.42 Å². The molecule has 1 aromatic rings. The van der Waals surface area contributed by atoms with E-state index in [0.29, 0.717) is 12.4 Å². The molecule has 0 bridgehead atoms. The molecule has 1 unspecified atom stereocenters. The molecule has 114 valence electrons. The second-order valence-electron chi connectivity index (χ2n) is 4.58. The average molecular weight is 317 g/mol. The maximum atomic E-state index is 12.4. The summed E-state index contributed by atoms with van der Waals surface area (Å²) in [6, 6.07) is 3.12. The van der Waals surface area contributed by atoms with Crippen LogP contribution in [-0.2, 0) is 10.0 Å². The van der Waals surface area contributed by atoms with Crippen molar-refractivity contribution in [2.24, 2.45) is 0 Å². The summed E-state index contributed by atoms with van der Waals surface area (Å²) in [5.74, 6) is 1.34. The highest BCUT2D eigenvalue weighted by Crippen LogP contribution is 2.18. The van der Waals surface area contributed by atoms with Gasteiger partial charge in [-0.25, -0.2) is 18.1 Å². The van der Waals surface area contributed by atoms with Crippen molar-refractivity contribution in [1.29, 1.82) is 0 Å². The van der Waals surface area contributed by atoms with Gasteiger partial charge in [-0.2, -0.15) is 11.8 Å². The maximum Gasteiger partial charge on any atom is 0.244 e. The van der Waals surface area contributed by atoms with Crippen molar-refractivity contribution in [2.75, 3.05) is 23.9 Å². The Kier molecular flexibility index (Phi) is 7.32. The third-order valence-electron chi connectivity index (χ3n) is 2.71. The second kappa shape index (κ2) is 8.49. The Hall–Kier alpha value is -0.790. The minimum absolute atomic E-state index is 0.0910. The summed E-state index contributed by atoms with van der Waals surface area (Å²) in [6.07, 6.45) is 5.31. The van der Waals surface area contributed by atoms with E-state index in [1.54, 1.807) is 30.1 Å². The Morgan fingerprint density at radius 3 is 2.85 bits per heavy atom. The molecule has 1 heterocycles. The molecule has 0 spiro atoms. The molecule has 0 aromatic carbocycles. The number of hydrogen-bond donors (Lipinski definition) is 2. The van der Waals surface area contributed by atoms with Crippen molar-refractivity contribution in [3.8, 4) is 0 Å². The molecule has 1 atom stereocenters. The number of thioether (sulfide) groups is 1. The van der Waals surface area contributed by atoms with Crippen LogP contribution in [0.25, 0.3) is 0 Å². The Bertz CT molecular complexity index is 506. The first kappa shape index (κ1) is 17.3. The molecule has 0 amide bonds. The van der Waals surface area contributed by atoms with Gasteiger partial charge in [-0.3, -0.25) is 0 Å². The van der Waals surface area contributed by atoms with E-state index in [-0.39, 0.29) is 10.9 Å². The molecule has 20 heavy (non-hydrogen) atoms. The van der Waals surface area contributed by atoms with Gasteiger partial charge in [0.2, 0.25) is 10.0 Å². The summed E-state index contributed by atoms with van der Waals surface area (Å²) in [6.45, 7) is 4.59. The van der Waals surface area contributed by atoms with Crippen LogP contribution in [0.15, 0.2) is 23.2 Å². The number of hydrogen-bond acceptors (Lipinski definition) is 5. The molecule has 5 nitrogen and oxygen atoms in total. The third-order valence-corrected chi connectivity index (χ3v) is 4.98. The van der Waals surface area contributed by atoms with E-state index in [4.69, 9.17) is 0 Å². The van der Waals surface area contributed by atoms with E-state index in [1.165, 1.54) is 0 Å². The Balaban J connectivity index is 2.86. The fourth-order valence-corrected chi connectivity index (χ4v) is 3.67. The molecular formula is C13H23N3O2S2. The maximum absolute atomic E-state index is 12.4. The lowest BCUT2D eigenvalue weighted by molar-refractivity contribution is 0.557. The monoisotopic (exact) mass is 317 g/mol.